The van der Waals surface area contributed by atoms with Gasteiger partial charge in [-0.1, -0.05) is 27.7 Å². The molecular weight excluding hydrogens is 292 g/mol. The molecular formula is C14H26N2O2S2. The van der Waals surface area contributed by atoms with Gasteiger partial charge in [0, 0.05) is 18.5 Å². The molecule has 0 aliphatic heterocycles. The third-order valence-electron chi connectivity index (χ3n) is 2.80. The molecule has 6 heteroatoms. The Kier molecular flexibility index (Phi) is 6.19. The minimum Gasteiger partial charge on any atom is -0.317 e. The van der Waals surface area contributed by atoms with Crippen LogP contribution in [-0.2, 0) is 16.4 Å². The second-order valence-electron chi connectivity index (χ2n) is 6.15. The molecule has 4 nitrogen and oxygen atoms in total. The first-order valence-electron chi connectivity index (χ1n) is 6.92. The zero-order valence-electron chi connectivity index (χ0n) is 13.1. The van der Waals surface area contributed by atoms with E-state index < -0.39 is 10.0 Å². The second kappa shape index (κ2) is 7.02. The summed E-state index contributed by atoms with van der Waals surface area (Å²) in [6.07, 6.45) is 0.872. The zero-order chi connectivity index (χ0) is 15.4. The van der Waals surface area contributed by atoms with E-state index in [0.717, 1.165) is 24.4 Å². The third-order valence-corrected chi connectivity index (χ3v) is 6.21. The summed E-state index contributed by atoms with van der Waals surface area (Å²) in [6.45, 7) is 10.5. The molecule has 0 aromatic carbocycles. The van der Waals surface area contributed by atoms with Gasteiger partial charge in [0.2, 0.25) is 0 Å². The smallest absolute Gasteiger partial charge is 0.252 e. The maximum absolute atomic E-state index is 12.5. The van der Waals surface area contributed by atoms with Gasteiger partial charge in [0.15, 0.2) is 0 Å². The van der Waals surface area contributed by atoms with E-state index in [-0.39, 0.29) is 5.41 Å². The van der Waals surface area contributed by atoms with Gasteiger partial charge in [0.25, 0.3) is 10.0 Å². The summed E-state index contributed by atoms with van der Waals surface area (Å²) in [7, 11) is -1.70. The zero-order valence-corrected chi connectivity index (χ0v) is 14.7. The SMILES string of the molecule is CCNCCc1ccc(S(=O)(=O)N(C)CC(C)(C)C)s1. The number of hydrogen-bond acceptors (Lipinski definition) is 4. The fraction of sp³-hybridized carbons (Fsp3) is 0.714. The number of thiophene rings is 1. The lowest BCUT2D eigenvalue weighted by Crippen LogP contribution is -2.34. The molecule has 0 saturated carbocycles. The van der Waals surface area contributed by atoms with Crippen LogP contribution in [0.1, 0.15) is 32.6 Å². The van der Waals surface area contributed by atoms with Crippen molar-refractivity contribution >= 4 is 21.4 Å². The van der Waals surface area contributed by atoms with Crippen LogP contribution < -0.4 is 5.32 Å². The van der Waals surface area contributed by atoms with Crippen LogP contribution in [0.15, 0.2) is 16.3 Å². The lowest BCUT2D eigenvalue weighted by atomic mass is 9.97. The molecule has 0 amide bonds. The summed E-state index contributed by atoms with van der Waals surface area (Å²) in [5, 5.41) is 3.25. The summed E-state index contributed by atoms with van der Waals surface area (Å²) in [5.74, 6) is 0. The molecule has 0 aliphatic rings. The average Bonchev–Trinajstić information content (AvgIpc) is 2.76. The number of hydrogen-bond donors (Lipinski definition) is 1. The lowest BCUT2D eigenvalue weighted by molar-refractivity contribution is 0.311. The Hall–Kier alpha value is -0.430. The third kappa shape index (κ3) is 5.16. The summed E-state index contributed by atoms with van der Waals surface area (Å²) in [4.78, 5) is 1.11. The van der Waals surface area contributed by atoms with Crippen LogP contribution in [-0.4, -0.2) is 39.4 Å². The van der Waals surface area contributed by atoms with Gasteiger partial charge in [-0.15, -0.1) is 11.3 Å². The van der Waals surface area contributed by atoms with Gasteiger partial charge in [-0.05, 0) is 37.1 Å². The van der Waals surface area contributed by atoms with Crippen molar-refractivity contribution in [2.24, 2.45) is 5.41 Å². The van der Waals surface area contributed by atoms with Gasteiger partial charge in [-0.2, -0.15) is 4.31 Å². The van der Waals surface area contributed by atoms with E-state index in [1.807, 2.05) is 26.8 Å². The molecule has 116 valence electrons. The van der Waals surface area contributed by atoms with Gasteiger partial charge in [-0.3, -0.25) is 0 Å². The van der Waals surface area contributed by atoms with E-state index in [1.165, 1.54) is 15.6 Å². The van der Waals surface area contributed by atoms with Crippen LogP contribution in [0.5, 0.6) is 0 Å². The first-order chi connectivity index (χ1) is 9.16. The topological polar surface area (TPSA) is 49.4 Å². The van der Waals surface area contributed by atoms with Gasteiger partial charge < -0.3 is 5.32 Å². The Morgan fingerprint density at radius 1 is 1.30 bits per heavy atom. The molecule has 1 aromatic rings. The molecule has 0 fully saturated rings. The highest BCUT2D eigenvalue weighted by atomic mass is 32.2. The van der Waals surface area contributed by atoms with Crippen LogP contribution >= 0.6 is 11.3 Å². The number of rotatable bonds is 7. The first-order valence-corrected chi connectivity index (χ1v) is 9.18. The molecule has 0 radical (unpaired) electrons. The highest BCUT2D eigenvalue weighted by Gasteiger charge is 2.26. The van der Waals surface area contributed by atoms with Crippen molar-refractivity contribution in [1.82, 2.24) is 9.62 Å². The predicted molar refractivity (Wildman–Crippen MR) is 85.8 cm³/mol. The fourth-order valence-electron chi connectivity index (χ4n) is 1.93. The molecule has 0 saturated heterocycles. The maximum atomic E-state index is 12.5. The molecule has 1 aromatic heterocycles. The summed E-state index contributed by atoms with van der Waals surface area (Å²) < 4.78 is 26.8. The van der Waals surface area contributed by atoms with Crippen molar-refractivity contribution in [3.05, 3.63) is 17.0 Å². The van der Waals surface area contributed by atoms with Crippen LogP contribution in [0.25, 0.3) is 0 Å². The van der Waals surface area contributed by atoms with E-state index in [9.17, 15) is 8.42 Å². The van der Waals surface area contributed by atoms with Crippen molar-refractivity contribution in [1.29, 1.82) is 0 Å². The van der Waals surface area contributed by atoms with Crippen molar-refractivity contribution < 1.29 is 8.42 Å². The Labute approximate surface area is 127 Å². The molecule has 1 N–H and O–H groups in total. The van der Waals surface area contributed by atoms with E-state index in [4.69, 9.17) is 0 Å². The summed E-state index contributed by atoms with van der Waals surface area (Å²) in [6, 6.07) is 3.64. The van der Waals surface area contributed by atoms with E-state index in [0.29, 0.717) is 10.8 Å². The highest BCUT2D eigenvalue weighted by Crippen LogP contribution is 2.26. The Morgan fingerprint density at radius 2 is 1.95 bits per heavy atom. The van der Waals surface area contributed by atoms with E-state index >= 15 is 0 Å². The average molecular weight is 319 g/mol. The quantitative estimate of drug-likeness (QED) is 0.786. The van der Waals surface area contributed by atoms with Crippen LogP contribution in [0.3, 0.4) is 0 Å². The number of nitrogens with zero attached hydrogens (tertiary/aromatic N) is 1. The number of likely N-dealkylation sites (N-methyl/N-ethyl adjacent to an activating group) is 1. The maximum Gasteiger partial charge on any atom is 0.252 e. The van der Waals surface area contributed by atoms with Crippen molar-refractivity contribution in [2.75, 3.05) is 26.7 Å². The van der Waals surface area contributed by atoms with Crippen molar-refractivity contribution in [3.63, 3.8) is 0 Å². The van der Waals surface area contributed by atoms with Crippen molar-refractivity contribution in [2.45, 2.75) is 38.3 Å². The molecule has 0 bridgehead atoms. The minimum atomic E-state index is -3.35. The Morgan fingerprint density at radius 3 is 2.50 bits per heavy atom. The van der Waals surface area contributed by atoms with Crippen LogP contribution in [0.4, 0.5) is 0 Å². The molecule has 1 rings (SSSR count). The lowest BCUT2D eigenvalue weighted by Gasteiger charge is -2.25. The summed E-state index contributed by atoms with van der Waals surface area (Å²) >= 11 is 1.37. The Bertz CT molecular complexity index is 516. The minimum absolute atomic E-state index is 0.0487. The molecule has 20 heavy (non-hydrogen) atoms. The van der Waals surface area contributed by atoms with E-state index in [2.05, 4.69) is 12.2 Å². The second-order valence-corrected chi connectivity index (χ2v) is 9.59. The van der Waals surface area contributed by atoms with Gasteiger partial charge >= 0.3 is 0 Å². The predicted octanol–water partition coefficient (Wildman–Crippen LogP) is 2.57. The first kappa shape index (κ1) is 17.6. The standard InChI is InChI=1S/C14H26N2O2S2/c1-6-15-10-9-12-7-8-13(19-12)20(17,18)16(5)11-14(2,3)4/h7-8,15H,6,9-11H2,1-5H3. The summed E-state index contributed by atoms with van der Waals surface area (Å²) in [5.41, 5.74) is -0.0487. The van der Waals surface area contributed by atoms with Crippen LogP contribution in [0.2, 0.25) is 0 Å². The number of nitrogens with one attached hydrogen (secondary N) is 1. The molecule has 0 spiro atoms. The molecule has 0 atom stereocenters. The van der Waals surface area contributed by atoms with Gasteiger partial charge in [0.05, 0.1) is 0 Å². The number of sulfonamides is 1. The fourth-order valence-corrected chi connectivity index (χ4v) is 4.89. The monoisotopic (exact) mass is 318 g/mol. The molecule has 1 heterocycles. The normalized spacial score (nSPS) is 13.1. The van der Waals surface area contributed by atoms with Crippen molar-refractivity contribution in [3.8, 4) is 0 Å². The van der Waals surface area contributed by atoms with Crippen LogP contribution in [0, 0.1) is 5.41 Å². The van der Waals surface area contributed by atoms with E-state index in [1.54, 1.807) is 13.1 Å². The Balaban J connectivity index is 2.77. The molecule has 0 aliphatic carbocycles. The largest absolute Gasteiger partial charge is 0.317 e. The van der Waals surface area contributed by atoms with Gasteiger partial charge in [-0.25, -0.2) is 8.42 Å². The highest BCUT2D eigenvalue weighted by molar-refractivity contribution is 7.91. The van der Waals surface area contributed by atoms with Gasteiger partial charge in [0.1, 0.15) is 4.21 Å². The molecule has 0 unspecified atom stereocenters.